The Hall–Kier alpha value is -3.15. The number of ether oxygens (including phenoxy) is 1. The second kappa shape index (κ2) is 8.47. The van der Waals surface area contributed by atoms with Crippen LogP contribution in [0.4, 0.5) is 0 Å². The molecule has 150 valence electrons. The Bertz CT molecular complexity index is 953. The predicted octanol–water partition coefficient (Wildman–Crippen LogP) is 4.60. The summed E-state index contributed by atoms with van der Waals surface area (Å²) in [6.45, 7) is 5.40. The summed E-state index contributed by atoms with van der Waals surface area (Å²) in [6.07, 6.45) is 1.36. The van der Waals surface area contributed by atoms with Crippen molar-refractivity contribution in [1.29, 1.82) is 0 Å². The van der Waals surface area contributed by atoms with Crippen molar-refractivity contribution in [2.75, 3.05) is 13.2 Å². The number of nitrogens with zero attached hydrogens (tertiary/aromatic N) is 3. The summed E-state index contributed by atoms with van der Waals surface area (Å²) in [4.78, 5) is 19.0. The van der Waals surface area contributed by atoms with Crippen LogP contribution in [0.1, 0.15) is 50.1 Å². The molecule has 0 N–H and O–H groups in total. The number of hydrogen-bond donors (Lipinski definition) is 0. The molecule has 3 aromatic rings. The van der Waals surface area contributed by atoms with Crippen molar-refractivity contribution in [3.63, 3.8) is 0 Å². The Morgan fingerprint density at radius 2 is 1.93 bits per heavy atom. The third kappa shape index (κ3) is 4.16. The highest BCUT2D eigenvalue weighted by molar-refractivity contribution is 5.80. The Balaban J connectivity index is 1.45. The molecule has 1 saturated heterocycles. The van der Waals surface area contributed by atoms with Gasteiger partial charge in [0.05, 0.1) is 18.6 Å². The summed E-state index contributed by atoms with van der Waals surface area (Å²) >= 11 is 0. The molecular weight excluding hydrogens is 366 g/mol. The molecule has 4 rings (SSSR count). The Morgan fingerprint density at radius 3 is 2.66 bits per heavy atom. The average Bonchev–Trinajstić information content (AvgIpc) is 3.40. The second-order valence-corrected chi connectivity index (χ2v) is 7.36. The normalized spacial score (nSPS) is 17.5. The molecular formula is C23H25N3O3. The van der Waals surface area contributed by atoms with Gasteiger partial charge in [-0.3, -0.25) is 4.79 Å². The molecule has 0 aliphatic carbocycles. The SMILES string of the molecule is CCCOc1ccc(-c2noc(C3CC(=O)N(C(C)c4ccccc4)C3)n2)cc1. The monoisotopic (exact) mass is 391 g/mol. The third-order valence-corrected chi connectivity index (χ3v) is 5.28. The number of hydrogen-bond acceptors (Lipinski definition) is 5. The molecule has 0 bridgehead atoms. The van der Waals surface area contributed by atoms with E-state index in [0.29, 0.717) is 31.3 Å². The molecule has 1 aliphatic heterocycles. The Labute approximate surface area is 170 Å². The molecule has 1 fully saturated rings. The van der Waals surface area contributed by atoms with Gasteiger partial charge in [0.25, 0.3) is 0 Å². The van der Waals surface area contributed by atoms with Crippen molar-refractivity contribution >= 4 is 5.91 Å². The van der Waals surface area contributed by atoms with Crippen LogP contribution in [-0.2, 0) is 4.79 Å². The van der Waals surface area contributed by atoms with Crippen LogP contribution in [0.25, 0.3) is 11.4 Å². The van der Waals surface area contributed by atoms with Gasteiger partial charge in [0.2, 0.25) is 17.6 Å². The minimum atomic E-state index is -0.0814. The van der Waals surface area contributed by atoms with Crippen molar-refractivity contribution in [3.8, 4) is 17.1 Å². The molecule has 29 heavy (non-hydrogen) atoms. The van der Waals surface area contributed by atoms with E-state index in [9.17, 15) is 4.79 Å². The van der Waals surface area contributed by atoms with Crippen molar-refractivity contribution in [2.45, 2.75) is 38.6 Å². The van der Waals surface area contributed by atoms with E-state index in [0.717, 1.165) is 23.3 Å². The molecule has 2 atom stereocenters. The van der Waals surface area contributed by atoms with Gasteiger partial charge in [-0.15, -0.1) is 0 Å². The van der Waals surface area contributed by atoms with Crippen LogP contribution in [0.15, 0.2) is 59.1 Å². The van der Waals surface area contributed by atoms with Crippen molar-refractivity contribution in [1.82, 2.24) is 15.0 Å². The number of rotatable bonds is 7. The minimum Gasteiger partial charge on any atom is -0.494 e. The first kappa shape index (κ1) is 19.2. The average molecular weight is 391 g/mol. The summed E-state index contributed by atoms with van der Waals surface area (Å²) < 4.78 is 11.1. The lowest BCUT2D eigenvalue weighted by atomic mass is 10.1. The third-order valence-electron chi connectivity index (χ3n) is 5.28. The minimum absolute atomic E-state index is 0.0201. The van der Waals surface area contributed by atoms with E-state index in [4.69, 9.17) is 9.26 Å². The summed E-state index contributed by atoms with van der Waals surface area (Å²) in [7, 11) is 0. The maximum Gasteiger partial charge on any atom is 0.232 e. The van der Waals surface area contributed by atoms with Gasteiger partial charge in [0, 0.05) is 18.5 Å². The highest BCUT2D eigenvalue weighted by Crippen LogP contribution is 2.34. The van der Waals surface area contributed by atoms with E-state index < -0.39 is 0 Å². The summed E-state index contributed by atoms with van der Waals surface area (Å²) in [5.74, 6) is 1.91. The van der Waals surface area contributed by atoms with Gasteiger partial charge in [-0.2, -0.15) is 4.98 Å². The smallest absolute Gasteiger partial charge is 0.232 e. The van der Waals surface area contributed by atoms with Crippen molar-refractivity contribution in [2.24, 2.45) is 0 Å². The lowest BCUT2D eigenvalue weighted by Gasteiger charge is -2.24. The van der Waals surface area contributed by atoms with Crippen LogP contribution >= 0.6 is 0 Å². The molecule has 1 aliphatic rings. The van der Waals surface area contributed by atoms with Gasteiger partial charge in [-0.1, -0.05) is 42.4 Å². The van der Waals surface area contributed by atoms with E-state index in [1.54, 1.807) is 0 Å². The number of carbonyl (C=O) groups excluding carboxylic acids is 1. The lowest BCUT2D eigenvalue weighted by Crippen LogP contribution is -2.28. The first-order chi connectivity index (χ1) is 14.2. The maximum absolute atomic E-state index is 12.6. The Morgan fingerprint density at radius 1 is 1.17 bits per heavy atom. The molecule has 1 aromatic heterocycles. The zero-order valence-electron chi connectivity index (χ0n) is 16.7. The predicted molar refractivity (Wildman–Crippen MR) is 109 cm³/mol. The van der Waals surface area contributed by atoms with E-state index in [1.807, 2.05) is 59.5 Å². The topological polar surface area (TPSA) is 68.5 Å². The van der Waals surface area contributed by atoms with Crippen LogP contribution in [0.3, 0.4) is 0 Å². The van der Waals surface area contributed by atoms with Gasteiger partial charge >= 0.3 is 0 Å². The fourth-order valence-corrected chi connectivity index (χ4v) is 3.62. The highest BCUT2D eigenvalue weighted by Gasteiger charge is 2.37. The number of carbonyl (C=O) groups is 1. The molecule has 2 unspecified atom stereocenters. The summed E-state index contributed by atoms with van der Waals surface area (Å²) in [6, 6.07) is 17.7. The van der Waals surface area contributed by atoms with Gasteiger partial charge in [0.15, 0.2) is 0 Å². The molecule has 0 spiro atoms. The molecule has 0 radical (unpaired) electrons. The van der Waals surface area contributed by atoms with Crippen LogP contribution in [0, 0.1) is 0 Å². The van der Waals surface area contributed by atoms with Gasteiger partial charge in [-0.25, -0.2) is 0 Å². The maximum atomic E-state index is 12.6. The number of aromatic nitrogens is 2. The first-order valence-electron chi connectivity index (χ1n) is 10.1. The molecule has 6 nitrogen and oxygen atoms in total. The molecule has 1 amide bonds. The van der Waals surface area contributed by atoms with Gasteiger partial charge < -0.3 is 14.2 Å². The molecule has 2 heterocycles. The van der Waals surface area contributed by atoms with Crippen LogP contribution in [0.5, 0.6) is 5.75 Å². The highest BCUT2D eigenvalue weighted by atomic mass is 16.5. The van der Waals surface area contributed by atoms with E-state index in [2.05, 4.69) is 24.0 Å². The van der Waals surface area contributed by atoms with Crippen LogP contribution < -0.4 is 4.74 Å². The zero-order valence-corrected chi connectivity index (χ0v) is 16.7. The largest absolute Gasteiger partial charge is 0.494 e. The fourth-order valence-electron chi connectivity index (χ4n) is 3.62. The van der Waals surface area contributed by atoms with Gasteiger partial charge in [-0.05, 0) is 43.2 Å². The molecule has 0 saturated carbocycles. The van der Waals surface area contributed by atoms with Crippen molar-refractivity contribution in [3.05, 3.63) is 66.1 Å². The standard InChI is InChI=1S/C23H25N3O3/c1-3-13-28-20-11-9-18(10-12-20)22-24-23(29-25-22)19-14-21(27)26(15-19)16(2)17-7-5-4-6-8-17/h4-12,16,19H,3,13-15H2,1-2H3. The van der Waals surface area contributed by atoms with Crippen molar-refractivity contribution < 1.29 is 14.1 Å². The van der Waals surface area contributed by atoms with Crippen LogP contribution in [-0.4, -0.2) is 34.1 Å². The fraction of sp³-hybridized carbons (Fsp3) is 0.348. The second-order valence-electron chi connectivity index (χ2n) is 7.36. The van der Waals surface area contributed by atoms with E-state index >= 15 is 0 Å². The number of benzene rings is 2. The Kier molecular flexibility index (Phi) is 5.60. The summed E-state index contributed by atoms with van der Waals surface area (Å²) in [5.41, 5.74) is 1.99. The number of amides is 1. The summed E-state index contributed by atoms with van der Waals surface area (Å²) in [5, 5.41) is 4.12. The molecule has 2 aromatic carbocycles. The number of likely N-dealkylation sites (tertiary alicyclic amines) is 1. The quantitative estimate of drug-likeness (QED) is 0.589. The van der Waals surface area contributed by atoms with Crippen LogP contribution in [0.2, 0.25) is 0 Å². The zero-order chi connectivity index (χ0) is 20.2. The molecule has 6 heteroatoms. The van der Waals surface area contributed by atoms with E-state index in [-0.39, 0.29) is 17.9 Å². The van der Waals surface area contributed by atoms with E-state index in [1.165, 1.54) is 0 Å². The van der Waals surface area contributed by atoms with Gasteiger partial charge in [0.1, 0.15) is 5.75 Å². The first-order valence-corrected chi connectivity index (χ1v) is 10.1. The lowest BCUT2D eigenvalue weighted by molar-refractivity contribution is -0.129.